The van der Waals surface area contributed by atoms with Gasteiger partial charge in [-0.1, -0.05) is 39.7 Å². The second-order valence-electron chi connectivity index (χ2n) is 9.09. The summed E-state index contributed by atoms with van der Waals surface area (Å²) in [7, 11) is 0. The van der Waals surface area contributed by atoms with Crippen molar-refractivity contribution in [1.82, 2.24) is 9.78 Å². The Labute approximate surface area is 233 Å². The molecular formula is C25H23BrClF3N4O3S. The number of alkyl halides is 3. The molecule has 1 aromatic carbocycles. The number of hydrogen-bond donors (Lipinski definition) is 2. The predicted molar refractivity (Wildman–Crippen MR) is 142 cm³/mol. The maximum absolute atomic E-state index is 14.1. The second kappa shape index (κ2) is 10.5. The fraction of sp³-hybridized carbons (Fsp3) is 0.400. The van der Waals surface area contributed by atoms with Gasteiger partial charge in [0.05, 0.1) is 18.2 Å². The number of halogens is 5. The van der Waals surface area contributed by atoms with E-state index < -0.39 is 30.1 Å². The minimum absolute atomic E-state index is 0.0885. The lowest BCUT2D eigenvalue weighted by molar-refractivity contribution is -0.173. The number of fused-ring (bicyclic) bond motifs is 2. The molecule has 0 bridgehead atoms. The lowest BCUT2D eigenvalue weighted by Gasteiger charge is -2.33. The first-order valence-electron chi connectivity index (χ1n) is 12.1. The summed E-state index contributed by atoms with van der Waals surface area (Å²) in [6, 6.07) is 4.24. The molecule has 0 radical (unpaired) electrons. The van der Waals surface area contributed by atoms with Crippen LogP contribution in [-0.2, 0) is 17.6 Å². The summed E-state index contributed by atoms with van der Waals surface area (Å²) < 4.78 is 49.1. The molecule has 3 aromatic rings. The SMILES string of the molecule is CCOC(=O)c1c(NC(=O)c2nn3c(c2Cl)NC(c2ccc(Br)cc2)CC3C(F)(F)F)sc2c1CCCC2. The first-order chi connectivity index (χ1) is 18.1. The van der Waals surface area contributed by atoms with Gasteiger partial charge in [-0.15, -0.1) is 11.3 Å². The molecule has 0 fully saturated rings. The van der Waals surface area contributed by atoms with Crippen LogP contribution < -0.4 is 10.6 Å². The van der Waals surface area contributed by atoms with Crippen LogP contribution in [0.2, 0.25) is 5.02 Å². The highest BCUT2D eigenvalue weighted by Gasteiger charge is 2.48. The number of amides is 1. The average Bonchev–Trinajstić information content (AvgIpc) is 3.40. The van der Waals surface area contributed by atoms with E-state index >= 15 is 0 Å². The fourth-order valence-electron chi connectivity index (χ4n) is 4.88. The number of esters is 1. The molecule has 2 aromatic heterocycles. The maximum atomic E-state index is 14.1. The highest BCUT2D eigenvalue weighted by molar-refractivity contribution is 9.10. The number of aryl methyl sites for hydroxylation is 1. The van der Waals surface area contributed by atoms with E-state index in [4.69, 9.17) is 16.3 Å². The number of thiophene rings is 1. The van der Waals surface area contributed by atoms with Crippen LogP contribution >= 0.6 is 38.9 Å². The van der Waals surface area contributed by atoms with Gasteiger partial charge in [0.15, 0.2) is 11.7 Å². The number of ether oxygens (including phenoxy) is 1. The Morgan fingerprint density at radius 2 is 1.97 bits per heavy atom. The Balaban J connectivity index is 1.49. The molecule has 7 nitrogen and oxygen atoms in total. The smallest absolute Gasteiger partial charge is 0.410 e. The third-order valence-corrected chi connectivity index (χ3v) is 8.75. The molecule has 2 unspecified atom stereocenters. The largest absolute Gasteiger partial charge is 0.462 e. The summed E-state index contributed by atoms with van der Waals surface area (Å²) in [6.07, 6.45) is -1.63. The van der Waals surface area contributed by atoms with Crippen molar-refractivity contribution in [1.29, 1.82) is 0 Å². The Morgan fingerprint density at radius 1 is 1.26 bits per heavy atom. The summed E-state index contributed by atoms with van der Waals surface area (Å²) in [4.78, 5) is 27.0. The molecule has 0 saturated heterocycles. The van der Waals surface area contributed by atoms with Crippen LogP contribution in [0.1, 0.15) is 75.1 Å². The van der Waals surface area contributed by atoms with Crippen LogP contribution in [0.5, 0.6) is 0 Å². The predicted octanol–water partition coefficient (Wildman–Crippen LogP) is 7.33. The molecule has 38 heavy (non-hydrogen) atoms. The van der Waals surface area contributed by atoms with Gasteiger partial charge in [-0.05, 0) is 55.9 Å². The Hall–Kier alpha value is -2.57. The number of carbonyl (C=O) groups excluding carboxylic acids is 2. The molecular weight excluding hydrogens is 609 g/mol. The summed E-state index contributed by atoms with van der Waals surface area (Å²) in [6.45, 7) is 1.86. The fourth-order valence-corrected chi connectivity index (χ4v) is 6.69. The van der Waals surface area contributed by atoms with Crippen molar-refractivity contribution in [3.8, 4) is 0 Å². The van der Waals surface area contributed by atoms with Gasteiger partial charge in [0.25, 0.3) is 5.91 Å². The quantitative estimate of drug-likeness (QED) is 0.288. The third kappa shape index (κ3) is 5.05. The van der Waals surface area contributed by atoms with E-state index in [2.05, 4.69) is 31.7 Å². The number of nitrogens with zero attached hydrogens (tertiary/aromatic N) is 2. The molecule has 2 atom stereocenters. The van der Waals surface area contributed by atoms with Gasteiger partial charge in [-0.25, -0.2) is 9.48 Å². The molecule has 13 heteroatoms. The van der Waals surface area contributed by atoms with Crippen molar-refractivity contribution in [2.24, 2.45) is 0 Å². The van der Waals surface area contributed by atoms with Gasteiger partial charge in [-0.2, -0.15) is 18.3 Å². The van der Waals surface area contributed by atoms with Gasteiger partial charge in [0, 0.05) is 15.8 Å². The van der Waals surface area contributed by atoms with E-state index in [1.165, 1.54) is 11.3 Å². The van der Waals surface area contributed by atoms with Gasteiger partial charge in [0.2, 0.25) is 0 Å². The van der Waals surface area contributed by atoms with Crippen LogP contribution in [0, 0.1) is 0 Å². The zero-order valence-corrected chi connectivity index (χ0v) is 23.3. The molecule has 3 heterocycles. The Morgan fingerprint density at radius 3 is 2.66 bits per heavy atom. The summed E-state index contributed by atoms with van der Waals surface area (Å²) in [5.41, 5.74) is 1.42. The number of carbonyl (C=O) groups is 2. The number of rotatable bonds is 5. The zero-order valence-electron chi connectivity index (χ0n) is 20.1. The van der Waals surface area contributed by atoms with Crippen LogP contribution in [0.3, 0.4) is 0 Å². The normalized spacial score (nSPS) is 18.8. The topological polar surface area (TPSA) is 85.2 Å². The van der Waals surface area contributed by atoms with Crippen LogP contribution in [0.15, 0.2) is 28.7 Å². The number of nitrogens with one attached hydrogen (secondary N) is 2. The standard InChI is InChI=1S/C25H23BrClF3N4O3S/c1-2-37-24(36)18-14-5-3-4-6-16(14)38-23(18)32-22(35)20-19(27)21-31-15(12-7-9-13(26)10-8-12)11-17(25(28,29)30)34(21)33-20/h7-10,15,17,31H,2-6,11H2,1H3,(H,32,35). The van der Waals surface area contributed by atoms with Crippen molar-refractivity contribution in [2.75, 3.05) is 17.2 Å². The van der Waals surface area contributed by atoms with Crippen molar-refractivity contribution in [2.45, 2.75) is 57.3 Å². The number of anilines is 2. The summed E-state index contributed by atoms with van der Waals surface area (Å²) in [5.74, 6) is -1.44. The van der Waals surface area contributed by atoms with Crippen molar-refractivity contribution in [3.05, 3.63) is 61.0 Å². The third-order valence-electron chi connectivity index (χ3n) is 6.66. The molecule has 2 N–H and O–H groups in total. The number of hydrogen-bond acceptors (Lipinski definition) is 6. The van der Waals surface area contributed by atoms with E-state index in [9.17, 15) is 22.8 Å². The minimum Gasteiger partial charge on any atom is -0.462 e. The Bertz CT molecular complexity index is 1390. The lowest BCUT2D eigenvalue weighted by Crippen LogP contribution is -2.35. The van der Waals surface area contributed by atoms with E-state index in [0.29, 0.717) is 17.5 Å². The Kier molecular flexibility index (Phi) is 7.49. The highest BCUT2D eigenvalue weighted by Crippen LogP contribution is 2.46. The van der Waals surface area contributed by atoms with Crippen LogP contribution in [-0.4, -0.2) is 34.4 Å². The van der Waals surface area contributed by atoms with Crippen molar-refractivity contribution in [3.63, 3.8) is 0 Å². The van der Waals surface area contributed by atoms with E-state index in [1.807, 2.05) is 0 Å². The number of benzene rings is 1. The first kappa shape index (κ1) is 27.0. The van der Waals surface area contributed by atoms with E-state index in [1.54, 1.807) is 31.2 Å². The van der Waals surface area contributed by atoms with Crippen molar-refractivity contribution >= 4 is 61.6 Å². The highest BCUT2D eigenvalue weighted by atomic mass is 79.9. The molecule has 2 aliphatic rings. The molecule has 0 saturated carbocycles. The van der Waals surface area contributed by atoms with Gasteiger partial charge in [0.1, 0.15) is 15.8 Å². The van der Waals surface area contributed by atoms with Gasteiger partial charge in [-0.3, -0.25) is 4.79 Å². The van der Waals surface area contributed by atoms with E-state index in [-0.39, 0.29) is 34.6 Å². The van der Waals surface area contributed by atoms with Crippen LogP contribution in [0.4, 0.5) is 24.0 Å². The monoisotopic (exact) mass is 630 g/mol. The van der Waals surface area contributed by atoms with Crippen LogP contribution in [0.25, 0.3) is 0 Å². The molecule has 0 spiro atoms. The first-order valence-corrected chi connectivity index (χ1v) is 14.1. The second-order valence-corrected chi connectivity index (χ2v) is 11.5. The van der Waals surface area contributed by atoms with Gasteiger partial charge < -0.3 is 15.4 Å². The summed E-state index contributed by atoms with van der Waals surface area (Å²) in [5, 5.41) is 9.77. The molecule has 1 amide bonds. The lowest BCUT2D eigenvalue weighted by atomic mass is 9.95. The minimum atomic E-state index is -4.63. The molecule has 202 valence electrons. The molecule has 1 aliphatic carbocycles. The molecule has 1 aliphatic heterocycles. The maximum Gasteiger partial charge on any atom is 0.410 e. The summed E-state index contributed by atoms with van der Waals surface area (Å²) >= 11 is 11.1. The zero-order chi connectivity index (χ0) is 27.2. The average molecular weight is 632 g/mol. The van der Waals surface area contributed by atoms with Crippen molar-refractivity contribution < 1.29 is 27.5 Å². The van der Waals surface area contributed by atoms with Gasteiger partial charge >= 0.3 is 12.1 Å². The molecule has 5 rings (SSSR count). The van der Waals surface area contributed by atoms with E-state index in [0.717, 1.165) is 38.9 Å². The number of aromatic nitrogens is 2.